The maximum atomic E-state index is 11.0. The van der Waals surface area contributed by atoms with Gasteiger partial charge in [-0.15, -0.1) is 0 Å². The van der Waals surface area contributed by atoms with Crippen LogP contribution in [0.25, 0.3) is 5.95 Å². The van der Waals surface area contributed by atoms with E-state index >= 15 is 0 Å². The zero-order chi connectivity index (χ0) is 12.5. The van der Waals surface area contributed by atoms with Crippen LogP contribution < -0.4 is 0 Å². The van der Waals surface area contributed by atoms with Crippen LogP contribution in [0.1, 0.15) is 41.4 Å². The molecule has 92 valence electrons. The van der Waals surface area contributed by atoms with Crippen molar-refractivity contribution in [3.05, 3.63) is 35.9 Å². The number of hydrogen-bond donors (Lipinski definition) is 1. The largest absolute Gasteiger partial charge is 0.476 e. The van der Waals surface area contributed by atoms with Crippen molar-refractivity contribution >= 4 is 5.97 Å². The van der Waals surface area contributed by atoms with Gasteiger partial charge in [-0.2, -0.15) is 5.10 Å². The number of rotatable bonds is 3. The molecule has 1 N–H and O–H groups in total. The van der Waals surface area contributed by atoms with Crippen molar-refractivity contribution in [3.63, 3.8) is 0 Å². The molecule has 0 atom stereocenters. The summed E-state index contributed by atoms with van der Waals surface area (Å²) in [4.78, 5) is 19.2. The van der Waals surface area contributed by atoms with E-state index < -0.39 is 5.97 Å². The summed E-state index contributed by atoms with van der Waals surface area (Å²) in [7, 11) is 0. The van der Waals surface area contributed by atoms with Crippen molar-refractivity contribution in [2.45, 2.75) is 25.2 Å². The first-order valence-electron chi connectivity index (χ1n) is 5.86. The van der Waals surface area contributed by atoms with E-state index in [1.165, 1.54) is 6.42 Å². The van der Waals surface area contributed by atoms with Gasteiger partial charge in [-0.25, -0.2) is 19.4 Å². The van der Waals surface area contributed by atoms with Gasteiger partial charge in [-0.1, -0.05) is 6.42 Å². The Kier molecular flexibility index (Phi) is 2.55. The lowest BCUT2D eigenvalue weighted by Gasteiger charge is -2.25. The van der Waals surface area contributed by atoms with Gasteiger partial charge >= 0.3 is 5.97 Å². The maximum Gasteiger partial charge on any atom is 0.356 e. The topological polar surface area (TPSA) is 80.9 Å². The normalized spacial score (nSPS) is 15.3. The van der Waals surface area contributed by atoms with E-state index in [4.69, 9.17) is 5.11 Å². The summed E-state index contributed by atoms with van der Waals surface area (Å²) in [5, 5.41) is 13.1. The van der Waals surface area contributed by atoms with Gasteiger partial charge in [0, 0.05) is 18.3 Å². The third-order valence-corrected chi connectivity index (χ3v) is 3.22. The van der Waals surface area contributed by atoms with Gasteiger partial charge in [0.2, 0.25) is 0 Å². The van der Waals surface area contributed by atoms with E-state index in [1.54, 1.807) is 29.2 Å². The van der Waals surface area contributed by atoms with Gasteiger partial charge in [0.1, 0.15) is 0 Å². The third kappa shape index (κ3) is 1.75. The third-order valence-electron chi connectivity index (χ3n) is 3.22. The Labute approximate surface area is 103 Å². The summed E-state index contributed by atoms with van der Waals surface area (Å²) in [6.45, 7) is 0. The Morgan fingerprint density at radius 3 is 2.61 bits per heavy atom. The summed E-state index contributed by atoms with van der Waals surface area (Å²) in [5.74, 6) is -0.230. The van der Waals surface area contributed by atoms with Crippen LogP contribution in [-0.4, -0.2) is 30.8 Å². The highest BCUT2D eigenvalue weighted by molar-refractivity contribution is 5.85. The number of nitrogens with zero attached hydrogens (tertiary/aromatic N) is 4. The van der Waals surface area contributed by atoms with Crippen LogP contribution in [-0.2, 0) is 0 Å². The van der Waals surface area contributed by atoms with Crippen molar-refractivity contribution in [2.24, 2.45) is 0 Å². The first kappa shape index (κ1) is 10.9. The minimum Gasteiger partial charge on any atom is -0.476 e. The van der Waals surface area contributed by atoms with E-state index in [2.05, 4.69) is 15.1 Å². The molecular formula is C12H12N4O2. The average molecular weight is 244 g/mol. The molecule has 1 saturated carbocycles. The van der Waals surface area contributed by atoms with Crippen LogP contribution in [0.15, 0.2) is 24.5 Å². The molecule has 2 aromatic rings. The number of hydrogen-bond acceptors (Lipinski definition) is 4. The van der Waals surface area contributed by atoms with Gasteiger partial charge in [0.25, 0.3) is 5.95 Å². The van der Waals surface area contributed by atoms with Crippen LogP contribution >= 0.6 is 0 Å². The maximum absolute atomic E-state index is 11.0. The van der Waals surface area contributed by atoms with Crippen LogP contribution in [0.5, 0.6) is 0 Å². The first-order chi connectivity index (χ1) is 8.75. The molecule has 0 radical (unpaired) electrons. The summed E-state index contributed by atoms with van der Waals surface area (Å²) in [6, 6.07) is 3.34. The standard InChI is InChI=1S/C12H12N4O2/c17-11(18)9-7-10(8-3-1-4-8)16(15-9)12-13-5-2-6-14-12/h2,5-8H,1,3-4H2,(H,17,18). The van der Waals surface area contributed by atoms with Crippen molar-refractivity contribution in [1.29, 1.82) is 0 Å². The number of carboxylic acids is 1. The van der Waals surface area contributed by atoms with Gasteiger partial charge in [-0.05, 0) is 25.0 Å². The van der Waals surface area contributed by atoms with Crippen molar-refractivity contribution in [1.82, 2.24) is 19.7 Å². The Morgan fingerprint density at radius 1 is 1.33 bits per heavy atom. The highest BCUT2D eigenvalue weighted by Crippen LogP contribution is 2.37. The van der Waals surface area contributed by atoms with Gasteiger partial charge < -0.3 is 5.11 Å². The molecule has 0 spiro atoms. The molecule has 3 rings (SSSR count). The zero-order valence-electron chi connectivity index (χ0n) is 9.65. The molecule has 2 heterocycles. The van der Waals surface area contributed by atoms with Crippen molar-refractivity contribution in [2.75, 3.05) is 0 Å². The molecule has 1 aliphatic carbocycles. The molecule has 6 nitrogen and oxygen atoms in total. The Bertz CT molecular complexity index is 575. The highest BCUT2D eigenvalue weighted by Gasteiger charge is 2.27. The van der Waals surface area contributed by atoms with Crippen LogP contribution in [0.4, 0.5) is 0 Å². The SMILES string of the molecule is O=C(O)c1cc(C2CCC2)n(-c2ncccn2)n1. The van der Waals surface area contributed by atoms with Crippen LogP contribution in [0, 0.1) is 0 Å². The lowest BCUT2D eigenvalue weighted by molar-refractivity contribution is 0.0690. The summed E-state index contributed by atoms with van der Waals surface area (Å²) >= 11 is 0. The number of carbonyl (C=O) groups is 1. The number of aromatic carboxylic acids is 1. The number of aromatic nitrogens is 4. The Morgan fingerprint density at radius 2 is 2.06 bits per heavy atom. The Hall–Kier alpha value is -2.24. The van der Waals surface area contributed by atoms with Gasteiger partial charge in [0.15, 0.2) is 5.69 Å². The highest BCUT2D eigenvalue weighted by atomic mass is 16.4. The van der Waals surface area contributed by atoms with E-state index in [-0.39, 0.29) is 5.69 Å². The molecule has 0 aliphatic heterocycles. The van der Waals surface area contributed by atoms with Gasteiger partial charge in [-0.3, -0.25) is 0 Å². The fourth-order valence-corrected chi connectivity index (χ4v) is 2.06. The summed E-state index contributed by atoms with van der Waals surface area (Å²) in [6.07, 6.45) is 6.55. The second-order valence-corrected chi connectivity index (χ2v) is 4.35. The van der Waals surface area contributed by atoms with Crippen LogP contribution in [0.2, 0.25) is 0 Å². The van der Waals surface area contributed by atoms with E-state index in [0.717, 1.165) is 18.5 Å². The molecule has 1 aliphatic rings. The molecule has 0 unspecified atom stereocenters. The zero-order valence-corrected chi connectivity index (χ0v) is 9.65. The monoisotopic (exact) mass is 244 g/mol. The summed E-state index contributed by atoms with van der Waals surface area (Å²) in [5.41, 5.74) is 0.939. The molecule has 0 saturated heterocycles. The average Bonchev–Trinajstić information content (AvgIpc) is 2.73. The molecule has 0 bridgehead atoms. The second-order valence-electron chi connectivity index (χ2n) is 4.35. The fourth-order valence-electron chi connectivity index (χ4n) is 2.06. The molecular weight excluding hydrogens is 232 g/mol. The minimum atomic E-state index is -1.02. The molecule has 2 aromatic heterocycles. The van der Waals surface area contributed by atoms with Crippen molar-refractivity contribution in [3.8, 4) is 5.95 Å². The van der Waals surface area contributed by atoms with E-state index in [9.17, 15) is 4.79 Å². The van der Waals surface area contributed by atoms with Gasteiger partial charge in [0.05, 0.1) is 5.69 Å². The molecule has 0 aromatic carbocycles. The van der Waals surface area contributed by atoms with E-state index in [0.29, 0.717) is 11.9 Å². The molecule has 1 fully saturated rings. The smallest absolute Gasteiger partial charge is 0.356 e. The fraction of sp³-hybridized carbons (Fsp3) is 0.333. The predicted octanol–water partition coefficient (Wildman–Crippen LogP) is 1.63. The lowest BCUT2D eigenvalue weighted by atomic mass is 9.83. The molecule has 6 heteroatoms. The number of carboxylic acid groups (broad SMARTS) is 1. The minimum absolute atomic E-state index is 0.0457. The van der Waals surface area contributed by atoms with E-state index in [1.807, 2.05) is 0 Å². The second kappa shape index (κ2) is 4.21. The summed E-state index contributed by atoms with van der Waals surface area (Å²) < 4.78 is 1.55. The molecule has 0 amide bonds. The first-order valence-corrected chi connectivity index (χ1v) is 5.86. The van der Waals surface area contributed by atoms with Crippen LogP contribution in [0.3, 0.4) is 0 Å². The Balaban J connectivity index is 2.08. The van der Waals surface area contributed by atoms with Crippen molar-refractivity contribution < 1.29 is 9.90 Å². The predicted molar refractivity (Wildman–Crippen MR) is 62.7 cm³/mol. The lowest BCUT2D eigenvalue weighted by Crippen LogP contribution is -2.15. The quantitative estimate of drug-likeness (QED) is 0.887. The molecule has 18 heavy (non-hydrogen) atoms.